The van der Waals surface area contributed by atoms with Crippen LogP contribution in [0, 0.1) is 37.3 Å². The van der Waals surface area contributed by atoms with Gasteiger partial charge in [0.05, 0.1) is 11.4 Å². The van der Waals surface area contributed by atoms with Gasteiger partial charge in [0.2, 0.25) is 0 Å². The summed E-state index contributed by atoms with van der Waals surface area (Å²) in [5, 5.41) is 6.21. The molecule has 0 amide bonds. The molecule has 0 spiro atoms. The molecule has 0 aliphatic carbocycles. The van der Waals surface area contributed by atoms with Crippen LogP contribution >= 0.6 is 0 Å². The summed E-state index contributed by atoms with van der Waals surface area (Å²) in [4.78, 5) is 0. The third-order valence-electron chi connectivity index (χ3n) is 3.82. The minimum absolute atomic E-state index is 0.166. The molecular weight excluding hydrogens is 330 g/mol. The minimum atomic E-state index is -0.166. The van der Waals surface area contributed by atoms with Crippen molar-refractivity contribution in [3.63, 3.8) is 0 Å². The molecule has 144 valence electrons. The first-order valence-electron chi connectivity index (χ1n) is 9.20. The molecule has 0 radical (unpaired) electrons. The molecule has 2 nitrogen and oxygen atoms in total. The maximum atomic E-state index is 13.2. The fraction of sp³-hybridized carbons (Fsp3) is 0.455. The number of nitrogens with one attached hydrogen (secondary N) is 2. The van der Waals surface area contributed by atoms with Crippen molar-refractivity contribution in [3.05, 3.63) is 59.2 Å². The number of hydrogen-bond donors (Lipinski definition) is 2. The van der Waals surface area contributed by atoms with Crippen LogP contribution in [0.2, 0.25) is 0 Å². The molecule has 2 rings (SSSR count). The highest BCUT2D eigenvalue weighted by Crippen LogP contribution is 2.19. The Kier molecular flexibility index (Phi) is 9.11. The van der Waals surface area contributed by atoms with Gasteiger partial charge in [-0.05, 0) is 48.9 Å². The van der Waals surface area contributed by atoms with Gasteiger partial charge < -0.3 is 10.6 Å². The first-order chi connectivity index (χ1) is 12.2. The predicted molar refractivity (Wildman–Crippen MR) is 109 cm³/mol. The maximum Gasteiger partial charge on any atom is 0.146 e. The molecular formula is C22H32F2N2. The molecule has 4 heteroatoms. The monoisotopic (exact) mass is 362 g/mol. The second-order valence-corrected chi connectivity index (χ2v) is 7.41. The Balaban J connectivity index is 0.000000260. The van der Waals surface area contributed by atoms with Crippen molar-refractivity contribution in [1.29, 1.82) is 0 Å². The van der Waals surface area contributed by atoms with Crippen LogP contribution in [0.1, 0.15) is 38.8 Å². The van der Waals surface area contributed by atoms with Gasteiger partial charge in [0.25, 0.3) is 0 Å². The van der Waals surface area contributed by atoms with E-state index in [1.807, 2.05) is 26.0 Å². The van der Waals surface area contributed by atoms with E-state index in [1.165, 1.54) is 12.1 Å². The molecule has 26 heavy (non-hydrogen) atoms. The molecule has 0 aliphatic rings. The Morgan fingerprint density at radius 3 is 1.31 bits per heavy atom. The standard InChI is InChI=1S/2C11H16FN/c2*1-8(2)7-13-11-9(3)5-4-6-10(11)12/h2*4-6,8,13H,7H2,1-3H3. The molecule has 0 aromatic heterocycles. The summed E-state index contributed by atoms with van der Waals surface area (Å²) in [6, 6.07) is 10.2. The molecule has 0 unspecified atom stereocenters. The van der Waals surface area contributed by atoms with Crippen LogP contribution in [-0.4, -0.2) is 13.1 Å². The first-order valence-corrected chi connectivity index (χ1v) is 9.20. The quantitative estimate of drug-likeness (QED) is 0.621. The summed E-state index contributed by atoms with van der Waals surface area (Å²) >= 11 is 0. The normalized spacial score (nSPS) is 10.5. The minimum Gasteiger partial charge on any atom is -0.382 e. The zero-order valence-corrected chi connectivity index (χ0v) is 16.8. The van der Waals surface area contributed by atoms with Crippen molar-refractivity contribution in [1.82, 2.24) is 0 Å². The van der Waals surface area contributed by atoms with Crippen LogP contribution in [-0.2, 0) is 0 Å². The molecule has 0 bridgehead atoms. The highest BCUT2D eigenvalue weighted by molar-refractivity contribution is 5.52. The average Bonchev–Trinajstić information content (AvgIpc) is 2.54. The Morgan fingerprint density at radius 1 is 0.692 bits per heavy atom. The molecule has 0 fully saturated rings. The fourth-order valence-electron chi connectivity index (χ4n) is 2.32. The summed E-state index contributed by atoms with van der Waals surface area (Å²) in [6.45, 7) is 13.8. The molecule has 2 N–H and O–H groups in total. The lowest BCUT2D eigenvalue weighted by atomic mass is 10.1. The van der Waals surface area contributed by atoms with Crippen molar-refractivity contribution < 1.29 is 8.78 Å². The van der Waals surface area contributed by atoms with Crippen molar-refractivity contribution in [2.45, 2.75) is 41.5 Å². The van der Waals surface area contributed by atoms with E-state index < -0.39 is 0 Å². The van der Waals surface area contributed by atoms with Crippen LogP contribution < -0.4 is 10.6 Å². The number of para-hydroxylation sites is 2. The van der Waals surface area contributed by atoms with Crippen LogP contribution in [0.15, 0.2) is 36.4 Å². The van der Waals surface area contributed by atoms with Gasteiger partial charge in [0.1, 0.15) is 11.6 Å². The average molecular weight is 363 g/mol. The van der Waals surface area contributed by atoms with E-state index in [9.17, 15) is 8.78 Å². The molecule has 0 saturated heterocycles. The molecule has 0 saturated carbocycles. The van der Waals surface area contributed by atoms with Crippen LogP contribution in [0.25, 0.3) is 0 Å². The second kappa shape index (κ2) is 10.8. The summed E-state index contributed by atoms with van der Waals surface area (Å²) in [6.07, 6.45) is 0. The Labute approximate surface area is 157 Å². The highest BCUT2D eigenvalue weighted by atomic mass is 19.1. The summed E-state index contributed by atoms with van der Waals surface area (Å²) < 4.78 is 26.5. The number of halogens is 2. The number of aryl methyl sites for hydroxylation is 2. The third kappa shape index (κ3) is 7.42. The van der Waals surface area contributed by atoms with Crippen LogP contribution in [0.5, 0.6) is 0 Å². The van der Waals surface area contributed by atoms with Gasteiger partial charge in [-0.25, -0.2) is 8.78 Å². The van der Waals surface area contributed by atoms with E-state index >= 15 is 0 Å². The zero-order chi connectivity index (χ0) is 19.7. The lowest BCUT2D eigenvalue weighted by molar-refractivity contribution is 0.622. The third-order valence-corrected chi connectivity index (χ3v) is 3.82. The summed E-state index contributed by atoms with van der Waals surface area (Å²) in [7, 11) is 0. The predicted octanol–water partition coefficient (Wildman–Crippen LogP) is 6.40. The van der Waals surface area contributed by atoms with E-state index in [4.69, 9.17) is 0 Å². The smallest absolute Gasteiger partial charge is 0.146 e. The van der Waals surface area contributed by atoms with E-state index in [0.717, 1.165) is 24.2 Å². The lowest BCUT2D eigenvalue weighted by Crippen LogP contribution is -2.10. The molecule has 0 atom stereocenters. The molecule has 2 aromatic rings. The van der Waals surface area contributed by atoms with Gasteiger partial charge in [-0.15, -0.1) is 0 Å². The van der Waals surface area contributed by atoms with Gasteiger partial charge in [-0.3, -0.25) is 0 Å². The van der Waals surface area contributed by atoms with Crippen molar-refractivity contribution >= 4 is 11.4 Å². The number of anilines is 2. The number of benzene rings is 2. The number of rotatable bonds is 6. The summed E-state index contributed by atoms with van der Waals surface area (Å²) in [5.74, 6) is 0.722. The SMILES string of the molecule is Cc1cccc(F)c1NCC(C)C.Cc1cccc(F)c1NCC(C)C. The van der Waals surface area contributed by atoms with Crippen LogP contribution in [0.3, 0.4) is 0 Å². The van der Waals surface area contributed by atoms with Gasteiger partial charge in [0.15, 0.2) is 0 Å². The van der Waals surface area contributed by atoms with E-state index in [-0.39, 0.29) is 11.6 Å². The highest BCUT2D eigenvalue weighted by Gasteiger charge is 2.05. The van der Waals surface area contributed by atoms with Crippen LogP contribution in [0.4, 0.5) is 20.2 Å². The van der Waals surface area contributed by atoms with Gasteiger partial charge in [0, 0.05) is 13.1 Å². The van der Waals surface area contributed by atoms with Gasteiger partial charge >= 0.3 is 0 Å². The van der Waals surface area contributed by atoms with Crippen molar-refractivity contribution in [2.24, 2.45) is 11.8 Å². The molecule has 0 aliphatic heterocycles. The van der Waals surface area contributed by atoms with E-state index in [2.05, 4.69) is 38.3 Å². The van der Waals surface area contributed by atoms with Crippen molar-refractivity contribution in [2.75, 3.05) is 23.7 Å². The summed E-state index contributed by atoms with van der Waals surface area (Å²) in [5.41, 5.74) is 3.19. The Bertz CT molecular complexity index is 582. The fourth-order valence-corrected chi connectivity index (χ4v) is 2.32. The van der Waals surface area contributed by atoms with Gasteiger partial charge in [-0.2, -0.15) is 0 Å². The maximum absolute atomic E-state index is 13.2. The van der Waals surface area contributed by atoms with E-state index in [0.29, 0.717) is 23.2 Å². The van der Waals surface area contributed by atoms with Gasteiger partial charge in [-0.1, -0.05) is 52.0 Å². The Hall–Kier alpha value is -2.10. The lowest BCUT2D eigenvalue weighted by Gasteiger charge is -2.11. The Morgan fingerprint density at radius 2 is 1.04 bits per heavy atom. The largest absolute Gasteiger partial charge is 0.382 e. The van der Waals surface area contributed by atoms with E-state index in [1.54, 1.807) is 12.1 Å². The molecule has 2 aromatic carbocycles. The van der Waals surface area contributed by atoms with Crippen molar-refractivity contribution in [3.8, 4) is 0 Å². The zero-order valence-electron chi connectivity index (χ0n) is 16.8. The number of hydrogen-bond acceptors (Lipinski definition) is 2. The molecule has 0 heterocycles. The second-order valence-electron chi connectivity index (χ2n) is 7.41. The first kappa shape index (κ1) is 21.9. The topological polar surface area (TPSA) is 24.1 Å².